The van der Waals surface area contributed by atoms with Crippen LogP contribution < -0.4 is 5.32 Å². The highest BCUT2D eigenvalue weighted by molar-refractivity contribution is 5.21. The Hall–Kier alpha value is -0.890. The largest absolute Gasteiger partial charge is 0.319 e. The van der Waals surface area contributed by atoms with Crippen molar-refractivity contribution in [1.29, 1.82) is 0 Å². The molecule has 16 heavy (non-hydrogen) atoms. The van der Waals surface area contributed by atoms with Crippen LogP contribution in [0.2, 0.25) is 0 Å². The molecule has 1 rings (SSSR count). The van der Waals surface area contributed by atoms with Crippen LogP contribution in [-0.4, -0.2) is 13.6 Å². The molecule has 1 nitrogen and oxygen atoms in total. The van der Waals surface area contributed by atoms with Crippen LogP contribution in [0.1, 0.15) is 38.2 Å². The minimum atomic E-state index is -0.157. The van der Waals surface area contributed by atoms with Crippen LogP contribution >= 0.6 is 0 Å². The minimum Gasteiger partial charge on any atom is -0.319 e. The maximum atomic E-state index is 12.9. The molecule has 0 saturated heterocycles. The fourth-order valence-corrected chi connectivity index (χ4v) is 2.23. The van der Waals surface area contributed by atoms with Gasteiger partial charge in [0.25, 0.3) is 0 Å². The van der Waals surface area contributed by atoms with Crippen LogP contribution in [0.4, 0.5) is 4.39 Å². The highest BCUT2D eigenvalue weighted by Crippen LogP contribution is 2.27. The summed E-state index contributed by atoms with van der Waals surface area (Å²) in [6.45, 7) is 5.43. The van der Waals surface area contributed by atoms with Crippen LogP contribution in [0.25, 0.3) is 0 Å². The summed E-state index contributed by atoms with van der Waals surface area (Å²) in [6, 6.07) is 6.92. The molecule has 2 heteroatoms. The molecule has 1 aromatic carbocycles. The Labute approximate surface area is 98.1 Å². The molecule has 1 N–H and O–H groups in total. The molecule has 90 valence electrons. The van der Waals surface area contributed by atoms with Crippen LogP contribution in [0.5, 0.6) is 0 Å². The second kappa shape index (κ2) is 6.64. The van der Waals surface area contributed by atoms with E-state index in [2.05, 4.69) is 19.2 Å². The van der Waals surface area contributed by atoms with Crippen molar-refractivity contribution >= 4 is 0 Å². The summed E-state index contributed by atoms with van der Waals surface area (Å²) in [5.41, 5.74) is 1.23. The van der Waals surface area contributed by atoms with Gasteiger partial charge in [0.05, 0.1) is 0 Å². The van der Waals surface area contributed by atoms with Crippen LogP contribution in [0, 0.1) is 11.7 Å². The molecule has 0 aliphatic carbocycles. The number of halogens is 1. The van der Waals surface area contributed by atoms with Crippen molar-refractivity contribution in [1.82, 2.24) is 5.32 Å². The summed E-state index contributed by atoms with van der Waals surface area (Å²) in [4.78, 5) is 0. The molecule has 0 bridgehead atoms. The van der Waals surface area contributed by atoms with Crippen molar-refractivity contribution in [3.05, 3.63) is 35.6 Å². The monoisotopic (exact) mass is 223 g/mol. The van der Waals surface area contributed by atoms with Crippen LogP contribution in [0.15, 0.2) is 24.3 Å². The number of likely N-dealkylation sites (N-methyl/N-ethyl adjacent to an activating group) is 1. The molecule has 0 spiro atoms. The standard InChI is InChI=1S/C14H22FN/c1-4-5-11(2)14(10-16-3)12-6-8-13(15)9-7-12/h6-9,11,14,16H,4-5,10H2,1-3H3. The SMILES string of the molecule is CCCC(C)C(CNC)c1ccc(F)cc1. The highest BCUT2D eigenvalue weighted by atomic mass is 19.1. The molecule has 0 saturated carbocycles. The average Bonchev–Trinajstić information content (AvgIpc) is 2.28. The second-order valence-electron chi connectivity index (χ2n) is 4.48. The van der Waals surface area contributed by atoms with E-state index < -0.39 is 0 Å². The topological polar surface area (TPSA) is 12.0 Å². The van der Waals surface area contributed by atoms with Gasteiger partial charge < -0.3 is 5.32 Å². The van der Waals surface area contributed by atoms with Gasteiger partial charge in [0, 0.05) is 6.54 Å². The van der Waals surface area contributed by atoms with Crippen LogP contribution in [-0.2, 0) is 0 Å². The third kappa shape index (κ3) is 3.60. The van der Waals surface area contributed by atoms with Crippen molar-refractivity contribution in [3.63, 3.8) is 0 Å². The van der Waals surface area contributed by atoms with Gasteiger partial charge in [0.1, 0.15) is 5.82 Å². The maximum absolute atomic E-state index is 12.9. The number of nitrogens with one attached hydrogen (secondary N) is 1. The van der Waals surface area contributed by atoms with Gasteiger partial charge in [-0.2, -0.15) is 0 Å². The van der Waals surface area contributed by atoms with E-state index in [9.17, 15) is 4.39 Å². The Morgan fingerprint density at radius 3 is 2.38 bits per heavy atom. The Morgan fingerprint density at radius 2 is 1.88 bits per heavy atom. The molecular formula is C14H22FN. The first-order valence-corrected chi connectivity index (χ1v) is 6.09. The predicted molar refractivity (Wildman–Crippen MR) is 67.1 cm³/mol. The van der Waals surface area contributed by atoms with Gasteiger partial charge in [-0.25, -0.2) is 4.39 Å². The van der Waals surface area contributed by atoms with E-state index >= 15 is 0 Å². The van der Waals surface area contributed by atoms with E-state index in [1.54, 1.807) is 12.1 Å². The lowest BCUT2D eigenvalue weighted by atomic mass is 9.84. The smallest absolute Gasteiger partial charge is 0.123 e. The Balaban J connectivity index is 2.79. The summed E-state index contributed by atoms with van der Waals surface area (Å²) >= 11 is 0. The fraction of sp³-hybridized carbons (Fsp3) is 0.571. The summed E-state index contributed by atoms with van der Waals surface area (Å²) < 4.78 is 12.9. The zero-order chi connectivity index (χ0) is 12.0. The third-order valence-electron chi connectivity index (χ3n) is 3.15. The van der Waals surface area contributed by atoms with E-state index in [1.807, 2.05) is 19.2 Å². The molecule has 0 aromatic heterocycles. The van der Waals surface area contributed by atoms with Gasteiger partial charge in [0.15, 0.2) is 0 Å². The van der Waals surface area contributed by atoms with Gasteiger partial charge in [-0.15, -0.1) is 0 Å². The zero-order valence-corrected chi connectivity index (χ0v) is 10.5. The molecule has 0 aliphatic rings. The van der Waals surface area contributed by atoms with Gasteiger partial charge in [0.2, 0.25) is 0 Å². The fourth-order valence-electron chi connectivity index (χ4n) is 2.23. The van der Waals surface area contributed by atoms with Crippen LogP contribution in [0.3, 0.4) is 0 Å². The van der Waals surface area contributed by atoms with E-state index in [0.29, 0.717) is 11.8 Å². The van der Waals surface area contributed by atoms with Gasteiger partial charge in [-0.05, 0) is 36.6 Å². The normalized spacial score (nSPS) is 14.8. The van der Waals surface area contributed by atoms with Crippen molar-refractivity contribution in [2.24, 2.45) is 5.92 Å². The van der Waals surface area contributed by atoms with Crippen molar-refractivity contribution in [2.75, 3.05) is 13.6 Å². The highest BCUT2D eigenvalue weighted by Gasteiger charge is 2.17. The quantitative estimate of drug-likeness (QED) is 0.777. The molecule has 0 heterocycles. The summed E-state index contributed by atoms with van der Waals surface area (Å²) in [7, 11) is 1.97. The molecule has 0 fully saturated rings. The maximum Gasteiger partial charge on any atom is 0.123 e. The summed E-state index contributed by atoms with van der Waals surface area (Å²) in [5.74, 6) is 0.948. The van der Waals surface area contributed by atoms with Crippen molar-refractivity contribution in [3.8, 4) is 0 Å². The first-order valence-electron chi connectivity index (χ1n) is 6.09. The molecular weight excluding hydrogens is 201 g/mol. The van der Waals surface area contributed by atoms with E-state index in [4.69, 9.17) is 0 Å². The number of rotatable bonds is 6. The lowest BCUT2D eigenvalue weighted by Gasteiger charge is -2.24. The first kappa shape index (κ1) is 13.2. The minimum absolute atomic E-state index is 0.157. The predicted octanol–water partition coefficient (Wildman–Crippen LogP) is 3.56. The van der Waals surface area contributed by atoms with E-state index in [0.717, 1.165) is 6.54 Å². The molecule has 0 aliphatic heterocycles. The molecule has 0 radical (unpaired) electrons. The molecule has 2 atom stereocenters. The zero-order valence-electron chi connectivity index (χ0n) is 10.5. The van der Waals surface area contributed by atoms with E-state index in [1.165, 1.54) is 18.4 Å². The van der Waals surface area contributed by atoms with Crippen molar-refractivity contribution < 1.29 is 4.39 Å². The number of hydrogen-bond donors (Lipinski definition) is 1. The van der Waals surface area contributed by atoms with Gasteiger partial charge >= 0.3 is 0 Å². The summed E-state index contributed by atoms with van der Waals surface area (Å²) in [6.07, 6.45) is 2.41. The third-order valence-corrected chi connectivity index (χ3v) is 3.15. The average molecular weight is 223 g/mol. The first-order chi connectivity index (χ1) is 7.69. The lowest BCUT2D eigenvalue weighted by molar-refractivity contribution is 0.412. The number of hydrogen-bond acceptors (Lipinski definition) is 1. The second-order valence-corrected chi connectivity index (χ2v) is 4.48. The van der Waals surface area contributed by atoms with Gasteiger partial charge in [-0.1, -0.05) is 38.8 Å². The Bertz CT molecular complexity index is 294. The summed E-state index contributed by atoms with van der Waals surface area (Å²) in [5, 5.41) is 3.23. The lowest BCUT2D eigenvalue weighted by Crippen LogP contribution is -2.22. The molecule has 2 unspecified atom stereocenters. The van der Waals surface area contributed by atoms with Crippen molar-refractivity contribution in [2.45, 2.75) is 32.6 Å². The van der Waals surface area contributed by atoms with E-state index in [-0.39, 0.29) is 5.82 Å². The van der Waals surface area contributed by atoms with Gasteiger partial charge in [-0.3, -0.25) is 0 Å². The number of benzene rings is 1. The molecule has 0 amide bonds. The molecule has 1 aromatic rings. The Kier molecular flexibility index (Phi) is 5.47. The Morgan fingerprint density at radius 1 is 1.25 bits per heavy atom.